The third-order valence-corrected chi connectivity index (χ3v) is 3.11. The molecule has 3 N–H and O–H groups in total. The van der Waals surface area contributed by atoms with Crippen LogP contribution >= 0.6 is 15.9 Å². The van der Waals surface area contributed by atoms with Gasteiger partial charge >= 0.3 is 0 Å². The molecule has 1 aromatic rings. The second-order valence-corrected chi connectivity index (χ2v) is 5.47. The molecule has 0 saturated carbocycles. The van der Waals surface area contributed by atoms with Crippen molar-refractivity contribution in [3.63, 3.8) is 0 Å². The van der Waals surface area contributed by atoms with Crippen molar-refractivity contribution < 1.29 is 0 Å². The molecular weight excluding hydrogens is 240 g/mol. The van der Waals surface area contributed by atoms with Gasteiger partial charge in [-0.2, -0.15) is 0 Å². The Bertz CT molecular complexity index is 360. The Morgan fingerprint density at radius 3 is 2.93 bits per heavy atom. The fourth-order valence-electron chi connectivity index (χ4n) is 2.03. The van der Waals surface area contributed by atoms with Crippen molar-refractivity contribution in [2.24, 2.45) is 5.73 Å². The summed E-state index contributed by atoms with van der Waals surface area (Å²) >= 11 is 3.46. The van der Waals surface area contributed by atoms with Crippen molar-refractivity contribution in [3.05, 3.63) is 28.2 Å². The lowest BCUT2D eigenvalue weighted by atomic mass is 9.86. The van der Waals surface area contributed by atoms with Crippen molar-refractivity contribution in [2.45, 2.75) is 31.8 Å². The lowest BCUT2D eigenvalue weighted by molar-refractivity contribution is 0.444. The zero-order valence-electron chi connectivity index (χ0n) is 8.47. The van der Waals surface area contributed by atoms with Gasteiger partial charge in [-0.15, -0.1) is 0 Å². The highest BCUT2D eigenvalue weighted by Crippen LogP contribution is 2.37. The predicted molar refractivity (Wildman–Crippen MR) is 63.4 cm³/mol. The summed E-state index contributed by atoms with van der Waals surface area (Å²) in [5.74, 6) is 0. The summed E-state index contributed by atoms with van der Waals surface area (Å²) in [5, 5.41) is 3.49. The SMILES string of the molecule is CC1(C)CC(N)c2cc(Br)ccc2N1. The average Bonchev–Trinajstić information content (AvgIpc) is 2.05. The predicted octanol–water partition coefficient (Wildman–Crippen LogP) is 3.04. The van der Waals surface area contributed by atoms with Crippen LogP contribution in [0.25, 0.3) is 0 Å². The van der Waals surface area contributed by atoms with E-state index in [1.165, 1.54) is 5.56 Å². The molecule has 0 saturated heterocycles. The number of benzene rings is 1. The smallest absolute Gasteiger partial charge is 0.0393 e. The van der Waals surface area contributed by atoms with Gasteiger partial charge < -0.3 is 11.1 Å². The standard InChI is InChI=1S/C11H15BrN2/c1-11(2)6-9(13)8-5-7(12)3-4-10(8)14-11/h3-5,9,14H,6,13H2,1-2H3. The van der Waals surface area contributed by atoms with E-state index in [4.69, 9.17) is 5.73 Å². The molecule has 0 radical (unpaired) electrons. The molecule has 0 aliphatic carbocycles. The van der Waals surface area contributed by atoms with E-state index in [0.29, 0.717) is 0 Å². The Hall–Kier alpha value is -0.540. The van der Waals surface area contributed by atoms with Crippen LogP contribution in [0.2, 0.25) is 0 Å². The van der Waals surface area contributed by atoms with E-state index in [0.717, 1.165) is 16.6 Å². The van der Waals surface area contributed by atoms with Crippen LogP contribution in [-0.2, 0) is 0 Å². The average molecular weight is 255 g/mol. The van der Waals surface area contributed by atoms with Crippen LogP contribution in [0.4, 0.5) is 5.69 Å². The highest BCUT2D eigenvalue weighted by Gasteiger charge is 2.29. The molecule has 0 spiro atoms. The first-order valence-electron chi connectivity index (χ1n) is 4.81. The topological polar surface area (TPSA) is 38.0 Å². The Morgan fingerprint density at radius 1 is 1.50 bits per heavy atom. The first kappa shape index (κ1) is 9.99. The normalized spacial score (nSPS) is 23.9. The van der Waals surface area contributed by atoms with E-state index in [9.17, 15) is 0 Å². The van der Waals surface area contributed by atoms with Gasteiger partial charge in [-0.1, -0.05) is 15.9 Å². The minimum atomic E-state index is 0.0975. The Balaban J connectivity index is 2.45. The highest BCUT2D eigenvalue weighted by atomic mass is 79.9. The zero-order valence-corrected chi connectivity index (χ0v) is 10.1. The zero-order chi connectivity index (χ0) is 10.3. The molecule has 0 aromatic heterocycles. The number of anilines is 1. The van der Waals surface area contributed by atoms with Crippen LogP contribution in [0, 0.1) is 0 Å². The minimum Gasteiger partial charge on any atom is -0.380 e. The number of hydrogen-bond donors (Lipinski definition) is 2. The summed E-state index contributed by atoms with van der Waals surface area (Å²) in [6, 6.07) is 6.36. The molecule has 1 aliphatic heterocycles. The second-order valence-electron chi connectivity index (χ2n) is 4.55. The van der Waals surface area contributed by atoms with Crippen LogP contribution in [0.3, 0.4) is 0 Å². The van der Waals surface area contributed by atoms with E-state index in [1.807, 2.05) is 6.07 Å². The van der Waals surface area contributed by atoms with Gasteiger partial charge in [0.25, 0.3) is 0 Å². The molecule has 1 heterocycles. The number of hydrogen-bond acceptors (Lipinski definition) is 2. The molecule has 14 heavy (non-hydrogen) atoms. The van der Waals surface area contributed by atoms with E-state index in [2.05, 4.69) is 47.2 Å². The number of fused-ring (bicyclic) bond motifs is 1. The van der Waals surface area contributed by atoms with Crippen molar-refractivity contribution in [3.8, 4) is 0 Å². The van der Waals surface area contributed by atoms with E-state index in [1.54, 1.807) is 0 Å². The monoisotopic (exact) mass is 254 g/mol. The molecule has 1 aliphatic rings. The van der Waals surface area contributed by atoms with Gasteiger partial charge in [0.05, 0.1) is 0 Å². The van der Waals surface area contributed by atoms with Crippen LogP contribution in [0.15, 0.2) is 22.7 Å². The Kier molecular flexibility index (Phi) is 2.32. The number of nitrogens with two attached hydrogens (primary N) is 1. The van der Waals surface area contributed by atoms with Gasteiger partial charge in [0.1, 0.15) is 0 Å². The van der Waals surface area contributed by atoms with E-state index in [-0.39, 0.29) is 11.6 Å². The van der Waals surface area contributed by atoms with Gasteiger partial charge in [-0.05, 0) is 44.0 Å². The lowest BCUT2D eigenvalue weighted by Gasteiger charge is -2.37. The molecule has 0 bridgehead atoms. The summed E-state index contributed by atoms with van der Waals surface area (Å²) < 4.78 is 1.09. The third kappa shape index (κ3) is 1.79. The van der Waals surface area contributed by atoms with Gasteiger partial charge in [-0.25, -0.2) is 0 Å². The first-order chi connectivity index (χ1) is 6.48. The largest absolute Gasteiger partial charge is 0.380 e. The van der Waals surface area contributed by atoms with Crippen molar-refractivity contribution in [2.75, 3.05) is 5.32 Å². The quantitative estimate of drug-likeness (QED) is 0.747. The van der Waals surface area contributed by atoms with Crippen molar-refractivity contribution >= 4 is 21.6 Å². The molecule has 3 heteroatoms. The molecular formula is C11H15BrN2. The third-order valence-electron chi connectivity index (χ3n) is 2.62. The maximum absolute atomic E-state index is 6.13. The van der Waals surface area contributed by atoms with Gasteiger partial charge in [0.15, 0.2) is 0 Å². The number of halogens is 1. The van der Waals surface area contributed by atoms with E-state index >= 15 is 0 Å². The molecule has 1 aromatic carbocycles. The molecule has 0 fully saturated rings. The maximum Gasteiger partial charge on any atom is 0.0393 e. The highest BCUT2D eigenvalue weighted by molar-refractivity contribution is 9.10. The number of rotatable bonds is 0. The fourth-order valence-corrected chi connectivity index (χ4v) is 2.41. The molecule has 2 rings (SSSR count). The molecule has 1 atom stereocenters. The molecule has 0 amide bonds. The van der Waals surface area contributed by atoms with Crippen molar-refractivity contribution in [1.29, 1.82) is 0 Å². The maximum atomic E-state index is 6.13. The molecule has 76 valence electrons. The summed E-state index contributed by atoms with van der Waals surface area (Å²) in [6.45, 7) is 4.36. The fraction of sp³-hybridized carbons (Fsp3) is 0.455. The van der Waals surface area contributed by atoms with Gasteiger partial charge in [0.2, 0.25) is 0 Å². The molecule has 2 nitrogen and oxygen atoms in total. The van der Waals surface area contributed by atoms with Crippen LogP contribution in [-0.4, -0.2) is 5.54 Å². The summed E-state index contributed by atoms with van der Waals surface area (Å²) in [7, 11) is 0. The first-order valence-corrected chi connectivity index (χ1v) is 5.60. The van der Waals surface area contributed by atoms with Crippen molar-refractivity contribution in [1.82, 2.24) is 0 Å². The summed E-state index contributed by atoms with van der Waals surface area (Å²) in [6.07, 6.45) is 0.969. The minimum absolute atomic E-state index is 0.0975. The summed E-state index contributed by atoms with van der Waals surface area (Å²) in [5.41, 5.74) is 8.60. The second kappa shape index (κ2) is 3.24. The van der Waals surface area contributed by atoms with Crippen LogP contribution < -0.4 is 11.1 Å². The molecule has 1 unspecified atom stereocenters. The van der Waals surface area contributed by atoms with Crippen LogP contribution in [0.5, 0.6) is 0 Å². The van der Waals surface area contributed by atoms with Gasteiger partial charge in [0, 0.05) is 21.7 Å². The Morgan fingerprint density at radius 2 is 2.21 bits per heavy atom. The van der Waals surface area contributed by atoms with Crippen LogP contribution in [0.1, 0.15) is 31.9 Å². The van der Waals surface area contributed by atoms with Gasteiger partial charge in [-0.3, -0.25) is 0 Å². The number of nitrogens with one attached hydrogen (secondary N) is 1. The lowest BCUT2D eigenvalue weighted by Crippen LogP contribution is -2.39. The van der Waals surface area contributed by atoms with E-state index < -0.39 is 0 Å². The summed E-state index contributed by atoms with van der Waals surface area (Å²) in [4.78, 5) is 0. The Labute approximate surface area is 93.0 Å².